The average molecular weight is 355 g/mol. The molecule has 0 radical (unpaired) electrons. The highest BCUT2D eigenvalue weighted by Crippen LogP contribution is 2.20. The molecule has 0 spiro atoms. The van der Waals surface area contributed by atoms with Gasteiger partial charge in [0.15, 0.2) is 9.77 Å². The van der Waals surface area contributed by atoms with Crippen LogP contribution in [0.4, 0.5) is 10.9 Å². The highest BCUT2D eigenvalue weighted by molar-refractivity contribution is 7.73. The fourth-order valence-electron chi connectivity index (χ4n) is 2.16. The van der Waals surface area contributed by atoms with Crippen LogP contribution < -0.4 is 10.2 Å². The van der Waals surface area contributed by atoms with Gasteiger partial charge in [-0.25, -0.2) is 4.68 Å². The number of hydrogen-bond acceptors (Lipinski definition) is 8. The Morgan fingerprint density at radius 2 is 2.26 bits per heavy atom. The van der Waals surface area contributed by atoms with Crippen LogP contribution >= 0.6 is 23.6 Å². The summed E-state index contributed by atoms with van der Waals surface area (Å²) in [6.07, 6.45) is 0.270. The van der Waals surface area contributed by atoms with Crippen LogP contribution in [-0.4, -0.2) is 47.1 Å². The first-order chi connectivity index (χ1) is 11.1. The Morgan fingerprint density at radius 3 is 2.96 bits per heavy atom. The van der Waals surface area contributed by atoms with Gasteiger partial charge in [0.05, 0.1) is 19.8 Å². The number of ether oxygens (including phenoxy) is 1. The molecule has 0 atom stereocenters. The zero-order valence-electron chi connectivity index (χ0n) is 12.7. The third-order valence-electron chi connectivity index (χ3n) is 3.32. The zero-order valence-corrected chi connectivity index (χ0v) is 14.3. The fourth-order valence-corrected chi connectivity index (χ4v) is 3.36. The van der Waals surface area contributed by atoms with E-state index < -0.39 is 0 Å². The van der Waals surface area contributed by atoms with Crippen molar-refractivity contribution in [3.63, 3.8) is 0 Å². The van der Waals surface area contributed by atoms with E-state index >= 15 is 0 Å². The molecular weight excluding hydrogens is 338 g/mol. The molecule has 0 bridgehead atoms. The van der Waals surface area contributed by atoms with Crippen LogP contribution in [0.15, 0.2) is 10.6 Å². The highest BCUT2D eigenvalue weighted by Gasteiger charge is 2.16. The number of aromatic nitrogens is 3. The van der Waals surface area contributed by atoms with E-state index in [4.69, 9.17) is 21.5 Å². The number of rotatable bonds is 5. The molecule has 124 valence electrons. The zero-order chi connectivity index (χ0) is 16.2. The molecule has 2 aromatic rings. The van der Waals surface area contributed by atoms with Gasteiger partial charge in [0.2, 0.25) is 11.0 Å². The summed E-state index contributed by atoms with van der Waals surface area (Å²) >= 11 is 6.79. The molecule has 23 heavy (non-hydrogen) atoms. The van der Waals surface area contributed by atoms with Gasteiger partial charge in [0.1, 0.15) is 5.76 Å². The normalized spacial score (nSPS) is 14.9. The van der Waals surface area contributed by atoms with Crippen molar-refractivity contribution in [1.82, 2.24) is 14.9 Å². The van der Waals surface area contributed by atoms with Crippen LogP contribution in [-0.2, 0) is 16.1 Å². The Kier molecular flexibility index (Phi) is 5.03. The first-order valence-electron chi connectivity index (χ1n) is 7.25. The molecule has 8 nitrogen and oxygen atoms in total. The summed E-state index contributed by atoms with van der Waals surface area (Å²) in [6.45, 7) is 5.23. The largest absolute Gasteiger partial charge is 0.378 e. The van der Waals surface area contributed by atoms with Crippen molar-refractivity contribution in [2.75, 3.05) is 36.5 Å². The van der Waals surface area contributed by atoms with Gasteiger partial charge in [0, 0.05) is 25.6 Å². The lowest BCUT2D eigenvalue weighted by atomic mass is 10.4. The van der Waals surface area contributed by atoms with Crippen LogP contribution in [0.5, 0.6) is 0 Å². The Labute approximate surface area is 142 Å². The van der Waals surface area contributed by atoms with Crippen molar-refractivity contribution < 1.29 is 14.1 Å². The van der Waals surface area contributed by atoms with E-state index in [1.807, 2.05) is 0 Å². The van der Waals surface area contributed by atoms with Crippen molar-refractivity contribution in [2.24, 2.45) is 0 Å². The van der Waals surface area contributed by atoms with Gasteiger partial charge in [-0.15, -0.1) is 5.10 Å². The minimum atomic E-state index is -0.152. The molecule has 1 fully saturated rings. The van der Waals surface area contributed by atoms with Crippen molar-refractivity contribution in [1.29, 1.82) is 0 Å². The van der Waals surface area contributed by atoms with Gasteiger partial charge >= 0.3 is 0 Å². The smallest absolute Gasteiger partial charge is 0.227 e. The van der Waals surface area contributed by atoms with Crippen molar-refractivity contribution in [3.8, 4) is 0 Å². The van der Waals surface area contributed by atoms with Crippen LogP contribution in [0.25, 0.3) is 0 Å². The van der Waals surface area contributed by atoms with E-state index in [0.717, 1.165) is 18.2 Å². The topological polar surface area (TPSA) is 85.4 Å². The van der Waals surface area contributed by atoms with E-state index in [-0.39, 0.29) is 12.3 Å². The van der Waals surface area contributed by atoms with Crippen LogP contribution in [0.2, 0.25) is 0 Å². The molecule has 0 unspecified atom stereocenters. The lowest BCUT2D eigenvalue weighted by Gasteiger charge is -2.25. The third kappa shape index (κ3) is 4.15. The van der Waals surface area contributed by atoms with Crippen molar-refractivity contribution in [2.45, 2.75) is 19.9 Å². The standard InChI is InChI=1S/C13H17N5O3S2/c1-9-8-10(16-21-9)14-11(19)2-3-18-13(22)23-12(15-18)17-4-6-20-7-5-17/h8H,2-7H2,1H3,(H,14,16,19). The number of nitrogens with one attached hydrogen (secondary N) is 1. The fraction of sp³-hybridized carbons (Fsp3) is 0.538. The summed E-state index contributed by atoms with van der Waals surface area (Å²) in [6, 6.07) is 1.67. The van der Waals surface area contributed by atoms with Crippen molar-refractivity contribution in [3.05, 3.63) is 15.8 Å². The molecule has 3 heterocycles. The number of carbonyl (C=O) groups is 1. The number of amides is 1. The predicted molar refractivity (Wildman–Crippen MR) is 88.5 cm³/mol. The number of morpholine rings is 1. The summed E-state index contributed by atoms with van der Waals surface area (Å²) in [5.41, 5.74) is 0. The second kappa shape index (κ2) is 7.20. The maximum atomic E-state index is 11.9. The van der Waals surface area contributed by atoms with Gasteiger partial charge in [-0.1, -0.05) is 16.5 Å². The average Bonchev–Trinajstić information content (AvgIpc) is 3.12. The lowest BCUT2D eigenvalue weighted by molar-refractivity contribution is -0.116. The van der Waals surface area contributed by atoms with Crippen LogP contribution in [0, 0.1) is 10.9 Å². The highest BCUT2D eigenvalue weighted by atomic mass is 32.1. The monoisotopic (exact) mass is 355 g/mol. The predicted octanol–water partition coefficient (Wildman–Crippen LogP) is 1.84. The molecule has 0 saturated carbocycles. The van der Waals surface area contributed by atoms with Gasteiger partial charge in [0.25, 0.3) is 0 Å². The second-order valence-corrected chi connectivity index (χ2v) is 6.70. The summed E-state index contributed by atoms with van der Waals surface area (Å²) in [5.74, 6) is 0.918. The summed E-state index contributed by atoms with van der Waals surface area (Å²) < 4.78 is 12.6. The molecule has 1 aliphatic heterocycles. The van der Waals surface area contributed by atoms with E-state index in [0.29, 0.717) is 35.3 Å². The van der Waals surface area contributed by atoms with E-state index in [2.05, 4.69) is 20.5 Å². The molecule has 2 aromatic heterocycles. The quantitative estimate of drug-likeness (QED) is 0.819. The summed E-state index contributed by atoms with van der Waals surface area (Å²) in [4.78, 5) is 14.1. The van der Waals surface area contributed by atoms with Gasteiger partial charge in [-0.3, -0.25) is 4.79 Å². The molecule has 0 aromatic carbocycles. The van der Waals surface area contributed by atoms with E-state index in [1.165, 1.54) is 11.3 Å². The summed E-state index contributed by atoms with van der Waals surface area (Å²) in [7, 11) is 0. The molecule has 1 amide bonds. The minimum absolute atomic E-state index is 0.152. The first kappa shape index (κ1) is 16.1. The van der Waals surface area contributed by atoms with Crippen molar-refractivity contribution >= 4 is 40.4 Å². The number of hydrogen-bond donors (Lipinski definition) is 1. The number of nitrogens with zero attached hydrogens (tertiary/aromatic N) is 4. The van der Waals surface area contributed by atoms with E-state index in [1.54, 1.807) is 17.7 Å². The molecule has 3 rings (SSSR count). The second-order valence-electron chi connectivity index (χ2n) is 5.09. The lowest BCUT2D eigenvalue weighted by Crippen LogP contribution is -2.36. The third-order valence-corrected chi connectivity index (χ3v) is 4.69. The number of aryl methyl sites for hydroxylation is 2. The molecule has 1 saturated heterocycles. The molecule has 1 aliphatic rings. The van der Waals surface area contributed by atoms with E-state index in [9.17, 15) is 4.79 Å². The van der Waals surface area contributed by atoms with Gasteiger partial charge in [-0.2, -0.15) is 0 Å². The maximum absolute atomic E-state index is 11.9. The Morgan fingerprint density at radius 1 is 1.48 bits per heavy atom. The Balaban J connectivity index is 1.56. The molecule has 1 N–H and O–H groups in total. The molecular formula is C13H17N5O3S2. The minimum Gasteiger partial charge on any atom is -0.378 e. The van der Waals surface area contributed by atoms with Crippen LogP contribution in [0.1, 0.15) is 12.2 Å². The summed E-state index contributed by atoms with van der Waals surface area (Å²) in [5, 5.41) is 11.8. The van der Waals surface area contributed by atoms with Crippen LogP contribution in [0.3, 0.4) is 0 Å². The molecule has 0 aliphatic carbocycles. The van der Waals surface area contributed by atoms with Gasteiger partial charge < -0.3 is 19.5 Å². The number of anilines is 2. The number of carbonyl (C=O) groups excluding carboxylic acids is 1. The SMILES string of the molecule is Cc1cc(NC(=O)CCn2nc(N3CCOCC3)sc2=S)no1. The Bertz CT molecular complexity index is 732. The first-order valence-corrected chi connectivity index (χ1v) is 8.48. The Hall–Kier alpha value is -1.78. The maximum Gasteiger partial charge on any atom is 0.227 e. The van der Waals surface area contributed by atoms with Gasteiger partial charge in [-0.05, 0) is 19.1 Å². The molecule has 10 heteroatoms.